The van der Waals surface area contributed by atoms with Crippen molar-refractivity contribution in [3.05, 3.63) is 17.7 Å². The van der Waals surface area contributed by atoms with Gasteiger partial charge in [0.2, 0.25) is 5.75 Å². The van der Waals surface area contributed by atoms with Gasteiger partial charge in [0.1, 0.15) is 0 Å². The van der Waals surface area contributed by atoms with Crippen LogP contribution in [0.5, 0.6) is 17.2 Å². The van der Waals surface area contributed by atoms with E-state index in [1.165, 1.54) is 19.3 Å². The molecule has 2 saturated carbocycles. The highest BCUT2D eigenvalue weighted by Crippen LogP contribution is 2.39. The van der Waals surface area contributed by atoms with E-state index in [1.54, 1.807) is 21.3 Å². The normalized spacial score (nSPS) is 17.5. The van der Waals surface area contributed by atoms with Crippen molar-refractivity contribution in [1.29, 1.82) is 0 Å². The zero-order valence-electron chi connectivity index (χ0n) is 16.0. The second-order valence-corrected chi connectivity index (χ2v) is 7.18. The average Bonchev–Trinajstić information content (AvgIpc) is 3.50. The molecule has 6 heteroatoms. The smallest absolute Gasteiger partial charge is 0.318 e. The molecule has 0 bridgehead atoms. The molecule has 0 aromatic heterocycles. The standard InChI is InChI=1S/C20H30N2O4/c1-24-17-11-14(12-18(25-2)19(17)26-3)13-22(16-9-10-16)20(23)21-15-7-5-4-6-8-15/h11-12,15-16H,4-10,13H2,1-3H3,(H,21,23). The van der Waals surface area contributed by atoms with Crippen molar-refractivity contribution in [3.63, 3.8) is 0 Å². The Morgan fingerprint density at radius 2 is 1.62 bits per heavy atom. The molecule has 1 aromatic rings. The molecule has 0 atom stereocenters. The first kappa shape index (κ1) is 18.7. The van der Waals surface area contributed by atoms with Crippen LogP contribution in [0.15, 0.2) is 12.1 Å². The third kappa shape index (κ3) is 4.34. The third-order valence-electron chi connectivity index (χ3n) is 5.26. The van der Waals surface area contributed by atoms with Gasteiger partial charge in [0.15, 0.2) is 11.5 Å². The second-order valence-electron chi connectivity index (χ2n) is 7.18. The van der Waals surface area contributed by atoms with Gasteiger partial charge in [-0.15, -0.1) is 0 Å². The molecule has 0 unspecified atom stereocenters. The first-order valence-corrected chi connectivity index (χ1v) is 9.52. The molecule has 2 aliphatic rings. The van der Waals surface area contributed by atoms with Crippen LogP contribution in [0.4, 0.5) is 4.79 Å². The molecule has 2 aliphatic carbocycles. The molecule has 0 radical (unpaired) electrons. The molecule has 2 amide bonds. The largest absolute Gasteiger partial charge is 0.493 e. The van der Waals surface area contributed by atoms with Crippen molar-refractivity contribution < 1.29 is 19.0 Å². The van der Waals surface area contributed by atoms with Gasteiger partial charge in [-0.05, 0) is 43.4 Å². The highest BCUT2D eigenvalue weighted by Gasteiger charge is 2.34. The molecular weight excluding hydrogens is 332 g/mol. The zero-order valence-corrected chi connectivity index (χ0v) is 16.0. The Morgan fingerprint density at radius 1 is 1.00 bits per heavy atom. The number of rotatable bonds is 7. The number of carbonyl (C=O) groups is 1. The molecule has 144 valence electrons. The number of carbonyl (C=O) groups excluding carboxylic acids is 1. The molecule has 0 spiro atoms. The third-order valence-corrected chi connectivity index (χ3v) is 5.26. The van der Waals surface area contributed by atoms with Crippen molar-refractivity contribution >= 4 is 6.03 Å². The minimum atomic E-state index is 0.0492. The Bertz CT molecular complexity index is 599. The number of amides is 2. The number of nitrogens with zero attached hydrogens (tertiary/aromatic N) is 1. The lowest BCUT2D eigenvalue weighted by Gasteiger charge is -2.29. The SMILES string of the molecule is COc1cc(CN(C(=O)NC2CCCCC2)C2CC2)cc(OC)c1OC. The van der Waals surface area contributed by atoms with E-state index in [0.29, 0.717) is 35.9 Å². The maximum Gasteiger partial charge on any atom is 0.318 e. The summed E-state index contributed by atoms with van der Waals surface area (Å²) in [5.74, 6) is 1.80. The van der Waals surface area contributed by atoms with E-state index < -0.39 is 0 Å². The molecule has 3 rings (SSSR count). The second kappa shape index (κ2) is 8.52. The lowest BCUT2D eigenvalue weighted by Crippen LogP contribution is -2.46. The van der Waals surface area contributed by atoms with E-state index in [1.807, 2.05) is 17.0 Å². The lowest BCUT2D eigenvalue weighted by molar-refractivity contribution is 0.184. The Hall–Kier alpha value is -2.11. The predicted molar refractivity (Wildman–Crippen MR) is 100 cm³/mol. The molecule has 0 aliphatic heterocycles. The van der Waals surface area contributed by atoms with Crippen LogP contribution in [0.2, 0.25) is 0 Å². The molecule has 26 heavy (non-hydrogen) atoms. The van der Waals surface area contributed by atoms with Crippen molar-refractivity contribution in [3.8, 4) is 17.2 Å². The van der Waals surface area contributed by atoms with E-state index in [-0.39, 0.29) is 6.03 Å². The fourth-order valence-electron chi connectivity index (χ4n) is 3.68. The lowest BCUT2D eigenvalue weighted by atomic mass is 9.96. The maximum atomic E-state index is 12.9. The summed E-state index contributed by atoms with van der Waals surface area (Å²) in [6.45, 7) is 0.542. The van der Waals surface area contributed by atoms with Crippen LogP contribution in [0.25, 0.3) is 0 Å². The van der Waals surface area contributed by atoms with E-state index >= 15 is 0 Å². The molecule has 1 N–H and O–H groups in total. The van der Waals surface area contributed by atoms with E-state index in [0.717, 1.165) is 31.2 Å². The summed E-state index contributed by atoms with van der Waals surface area (Å²) in [5.41, 5.74) is 0.977. The number of hydrogen-bond acceptors (Lipinski definition) is 4. The van der Waals surface area contributed by atoms with E-state index in [2.05, 4.69) is 5.32 Å². The Kier molecular flexibility index (Phi) is 6.12. The summed E-state index contributed by atoms with van der Waals surface area (Å²) >= 11 is 0. The van der Waals surface area contributed by atoms with Crippen LogP contribution in [-0.2, 0) is 6.54 Å². The minimum absolute atomic E-state index is 0.0492. The van der Waals surface area contributed by atoms with Crippen LogP contribution in [0, 0.1) is 0 Å². The van der Waals surface area contributed by atoms with Gasteiger partial charge in [-0.2, -0.15) is 0 Å². The van der Waals surface area contributed by atoms with Crippen LogP contribution in [0.3, 0.4) is 0 Å². The first-order valence-electron chi connectivity index (χ1n) is 9.52. The zero-order chi connectivity index (χ0) is 18.5. The van der Waals surface area contributed by atoms with Crippen molar-refractivity contribution in [2.45, 2.75) is 63.6 Å². The predicted octanol–water partition coefficient (Wildman–Crippen LogP) is 3.72. The van der Waals surface area contributed by atoms with Crippen molar-refractivity contribution in [2.75, 3.05) is 21.3 Å². The van der Waals surface area contributed by atoms with Crippen LogP contribution >= 0.6 is 0 Å². The molecule has 6 nitrogen and oxygen atoms in total. The highest BCUT2D eigenvalue weighted by atomic mass is 16.5. The Morgan fingerprint density at radius 3 is 2.12 bits per heavy atom. The van der Waals surface area contributed by atoms with Crippen LogP contribution in [0.1, 0.15) is 50.5 Å². The van der Waals surface area contributed by atoms with E-state index in [4.69, 9.17) is 14.2 Å². The summed E-state index contributed by atoms with van der Waals surface area (Å²) in [5, 5.41) is 3.24. The van der Waals surface area contributed by atoms with Crippen molar-refractivity contribution in [1.82, 2.24) is 10.2 Å². The first-order chi connectivity index (χ1) is 12.7. The summed E-state index contributed by atoms with van der Waals surface area (Å²) in [6.07, 6.45) is 8.03. The van der Waals surface area contributed by atoms with Gasteiger partial charge in [0, 0.05) is 18.6 Å². The topological polar surface area (TPSA) is 60.0 Å². The van der Waals surface area contributed by atoms with Gasteiger partial charge in [-0.3, -0.25) is 0 Å². The summed E-state index contributed by atoms with van der Waals surface area (Å²) < 4.78 is 16.3. The number of hydrogen-bond donors (Lipinski definition) is 1. The fraction of sp³-hybridized carbons (Fsp3) is 0.650. The number of nitrogens with one attached hydrogen (secondary N) is 1. The molecule has 0 saturated heterocycles. The number of benzene rings is 1. The van der Waals surface area contributed by atoms with Gasteiger partial charge in [0.25, 0.3) is 0 Å². The van der Waals surface area contributed by atoms with Crippen LogP contribution < -0.4 is 19.5 Å². The number of ether oxygens (including phenoxy) is 3. The van der Waals surface area contributed by atoms with Gasteiger partial charge in [-0.1, -0.05) is 19.3 Å². The fourth-order valence-corrected chi connectivity index (χ4v) is 3.68. The Labute approximate surface area is 155 Å². The average molecular weight is 362 g/mol. The minimum Gasteiger partial charge on any atom is -0.493 e. The van der Waals surface area contributed by atoms with Gasteiger partial charge >= 0.3 is 6.03 Å². The van der Waals surface area contributed by atoms with Crippen molar-refractivity contribution in [2.24, 2.45) is 0 Å². The van der Waals surface area contributed by atoms with Gasteiger partial charge in [0.05, 0.1) is 21.3 Å². The molecule has 1 aromatic carbocycles. The summed E-state index contributed by atoms with van der Waals surface area (Å²) in [6, 6.07) is 4.54. The number of urea groups is 1. The summed E-state index contributed by atoms with van der Waals surface area (Å²) in [4.78, 5) is 14.8. The molecular formula is C20H30N2O4. The number of methoxy groups -OCH3 is 3. The molecule has 2 fully saturated rings. The van der Waals surface area contributed by atoms with E-state index in [9.17, 15) is 4.79 Å². The Balaban J connectivity index is 1.74. The van der Waals surface area contributed by atoms with Gasteiger partial charge < -0.3 is 24.4 Å². The monoisotopic (exact) mass is 362 g/mol. The quantitative estimate of drug-likeness (QED) is 0.803. The maximum absolute atomic E-state index is 12.9. The highest BCUT2D eigenvalue weighted by molar-refractivity contribution is 5.75. The van der Waals surface area contributed by atoms with Gasteiger partial charge in [-0.25, -0.2) is 4.79 Å². The molecule has 0 heterocycles. The summed E-state index contributed by atoms with van der Waals surface area (Å²) in [7, 11) is 4.80. The van der Waals surface area contributed by atoms with Crippen LogP contribution in [-0.4, -0.2) is 44.3 Å².